The molecular formula is C14H21ClN2O. The molecule has 0 aromatic heterocycles. The maximum absolute atomic E-state index is 11.9. The van der Waals surface area contributed by atoms with Crippen LogP contribution in [0.5, 0.6) is 0 Å². The third-order valence-electron chi connectivity index (χ3n) is 3.96. The quantitative estimate of drug-likeness (QED) is 0.825. The lowest BCUT2D eigenvalue weighted by Crippen LogP contribution is -2.41. The lowest BCUT2D eigenvalue weighted by Gasteiger charge is -2.41. The van der Waals surface area contributed by atoms with Crippen molar-refractivity contribution in [2.75, 3.05) is 12.3 Å². The molecule has 1 fully saturated rings. The number of nitrogens with one attached hydrogen (secondary N) is 1. The molecule has 0 spiro atoms. The first-order chi connectivity index (χ1) is 8.15. The van der Waals surface area contributed by atoms with Crippen molar-refractivity contribution in [3.63, 3.8) is 0 Å². The topological polar surface area (TPSA) is 55.1 Å². The summed E-state index contributed by atoms with van der Waals surface area (Å²) in [6, 6.07) is 7.05. The van der Waals surface area contributed by atoms with Gasteiger partial charge in [0.05, 0.1) is 0 Å². The normalized spacial score (nSPS) is 16.3. The third-order valence-corrected chi connectivity index (χ3v) is 3.96. The minimum atomic E-state index is 0. The molecule has 1 aromatic rings. The standard InChI is InChI=1S/C14H20N2O.ClH/c1-2-14(8-3-9-14)10-16-13(17)11-4-6-12(15)7-5-11;/h4-7H,2-3,8-10,15H2,1H3,(H,16,17);1H. The summed E-state index contributed by atoms with van der Waals surface area (Å²) in [7, 11) is 0. The molecule has 100 valence electrons. The number of carbonyl (C=O) groups is 1. The first kappa shape index (κ1) is 14.8. The van der Waals surface area contributed by atoms with Crippen LogP contribution >= 0.6 is 12.4 Å². The number of halogens is 1. The van der Waals surface area contributed by atoms with Crippen molar-refractivity contribution >= 4 is 24.0 Å². The summed E-state index contributed by atoms with van der Waals surface area (Å²) in [6.07, 6.45) is 4.93. The Kier molecular flexibility index (Phi) is 5.03. The second kappa shape index (κ2) is 6.10. The summed E-state index contributed by atoms with van der Waals surface area (Å²) in [5.41, 5.74) is 7.33. The van der Waals surface area contributed by atoms with E-state index < -0.39 is 0 Å². The van der Waals surface area contributed by atoms with Gasteiger partial charge in [0.2, 0.25) is 0 Å². The van der Waals surface area contributed by atoms with Crippen molar-refractivity contribution in [3.8, 4) is 0 Å². The molecule has 0 bridgehead atoms. The van der Waals surface area contributed by atoms with Crippen molar-refractivity contribution in [1.82, 2.24) is 5.32 Å². The summed E-state index contributed by atoms with van der Waals surface area (Å²) >= 11 is 0. The average Bonchev–Trinajstić information content (AvgIpc) is 2.29. The van der Waals surface area contributed by atoms with Gasteiger partial charge in [0, 0.05) is 17.8 Å². The highest BCUT2D eigenvalue weighted by Gasteiger charge is 2.35. The molecule has 18 heavy (non-hydrogen) atoms. The van der Waals surface area contributed by atoms with Crippen molar-refractivity contribution in [1.29, 1.82) is 0 Å². The van der Waals surface area contributed by atoms with Crippen LogP contribution in [0.1, 0.15) is 43.0 Å². The number of rotatable bonds is 4. The van der Waals surface area contributed by atoms with Crippen molar-refractivity contribution in [3.05, 3.63) is 29.8 Å². The van der Waals surface area contributed by atoms with Gasteiger partial charge in [0.15, 0.2) is 0 Å². The number of hydrogen-bond acceptors (Lipinski definition) is 2. The van der Waals surface area contributed by atoms with Crippen molar-refractivity contribution < 1.29 is 4.79 Å². The van der Waals surface area contributed by atoms with E-state index in [4.69, 9.17) is 5.73 Å². The van der Waals surface area contributed by atoms with Crippen LogP contribution in [0.15, 0.2) is 24.3 Å². The van der Waals surface area contributed by atoms with Crippen LogP contribution in [-0.2, 0) is 0 Å². The molecule has 1 amide bonds. The average molecular weight is 269 g/mol. The molecule has 3 nitrogen and oxygen atoms in total. The van der Waals surface area contributed by atoms with Gasteiger partial charge in [0.1, 0.15) is 0 Å². The van der Waals surface area contributed by atoms with Crippen LogP contribution in [0.25, 0.3) is 0 Å². The highest BCUT2D eigenvalue weighted by atomic mass is 35.5. The van der Waals surface area contributed by atoms with E-state index in [1.807, 2.05) is 0 Å². The van der Waals surface area contributed by atoms with Crippen LogP contribution in [0, 0.1) is 5.41 Å². The van der Waals surface area contributed by atoms with Gasteiger partial charge >= 0.3 is 0 Å². The monoisotopic (exact) mass is 268 g/mol. The van der Waals surface area contributed by atoms with Crippen molar-refractivity contribution in [2.45, 2.75) is 32.6 Å². The molecule has 0 heterocycles. The Bertz CT molecular complexity index is 393. The highest BCUT2D eigenvalue weighted by molar-refractivity contribution is 5.94. The Balaban J connectivity index is 0.00000162. The Morgan fingerprint density at radius 2 is 1.94 bits per heavy atom. The fraction of sp³-hybridized carbons (Fsp3) is 0.500. The van der Waals surface area contributed by atoms with Gasteiger partial charge in [-0.15, -0.1) is 12.4 Å². The number of hydrogen-bond donors (Lipinski definition) is 2. The van der Waals surface area contributed by atoms with E-state index in [9.17, 15) is 4.79 Å². The second-order valence-electron chi connectivity index (χ2n) is 5.01. The lowest BCUT2D eigenvalue weighted by atomic mass is 9.67. The number of amides is 1. The molecule has 1 aromatic carbocycles. The van der Waals surface area contributed by atoms with E-state index in [1.54, 1.807) is 24.3 Å². The van der Waals surface area contributed by atoms with Gasteiger partial charge in [-0.2, -0.15) is 0 Å². The first-order valence-corrected chi connectivity index (χ1v) is 6.29. The number of benzene rings is 1. The summed E-state index contributed by atoms with van der Waals surface area (Å²) in [5.74, 6) is 0.00438. The van der Waals surface area contributed by atoms with Gasteiger partial charge in [-0.25, -0.2) is 0 Å². The molecule has 0 atom stereocenters. The lowest BCUT2D eigenvalue weighted by molar-refractivity contribution is 0.0850. The summed E-state index contributed by atoms with van der Waals surface area (Å²) in [5, 5.41) is 3.03. The largest absolute Gasteiger partial charge is 0.399 e. The van der Waals surface area contributed by atoms with Crippen LogP contribution in [0.4, 0.5) is 5.69 Å². The molecule has 4 heteroatoms. The van der Waals surface area contributed by atoms with E-state index in [1.165, 1.54) is 19.3 Å². The summed E-state index contributed by atoms with van der Waals surface area (Å²) in [6.45, 7) is 3.00. The number of nitrogens with two attached hydrogens (primary N) is 1. The van der Waals surface area contributed by atoms with Crippen LogP contribution in [0.3, 0.4) is 0 Å². The Morgan fingerprint density at radius 1 is 1.33 bits per heavy atom. The predicted octanol–water partition coefficient (Wildman–Crippen LogP) is 3.00. The Morgan fingerprint density at radius 3 is 2.39 bits per heavy atom. The molecule has 1 aliphatic rings. The first-order valence-electron chi connectivity index (χ1n) is 6.29. The molecule has 2 rings (SSSR count). The van der Waals surface area contributed by atoms with Gasteiger partial charge in [-0.1, -0.05) is 13.3 Å². The van der Waals surface area contributed by atoms with E-state index in [2.05, 4.69) is 12.2 Å². The van der Waals surface area contributed by atoms with E-state index in [0.29, 0.717) is 16.7 Å². The number of carbonyl (C=O) groups excluding carboxylic acids is 1. The maximum Gasteiger partial charge on any atom is 0.251 e. The van der Waals surface area contributed by atoms with Gasteiger partial charge in [0.25, 0.3) is 5.91 Å². The maximum atomic E-state index is 11.9. The molecule has 0 aliphatic heterocycles. The minimum Gasteiger partial charge on any atom is -0.399 e. The Hall–Kier alpha value is -1.22. The number of nitrogen functional groups attached to an aromatic ring is 1. The van der Waals surface area contributed by atoms with Crippen LogP contribution in [0.2, 0.25) is 0 Å². The molecule has 1 saturated carbocycles. The van der Waals surface area contributed by atoms with Gasteiger partial charge < -0.3 is 11.1 Å². The summed E-state index contributed by atoms with van der Waals surface area (Å²) in [4.78, 5) is 11.9. The molecule has 0 unspecified atom stereocenters. The fourth-order valence-corrected chi connectivity index (χ4v) is 2.34. The molecule has 0 saturated heterocycles. The van der Waals surface area contributed by atoms with Gasteiger partial charge in [-0.05, 0) is 48.9 Å². The minimum absolute atomic E-state index is 0. The number of anilines is 1. The SMILES string of the molecule is CCC1(CNC(=O)c2ccc(N)cc2)CCC1.Cl. The van der Waals surface area contributed by atoms with Crippen LogP contribution < -0.4 is 11.1 Å². The zero-order valence-corrected chi connectivity index (χ0v) is 11.6. The zero-order chi connectivity index (χ0) is 12.3. The molecule has 3 N–H and O–H groups in total. The van der Waals surface area contributed by atoms with Crippen LogP contribution in [-0.4, -0.2) is 12.5 Å². The highest BCUT2D eigenvalue weighted by Crippen LogP contribution is 2.43. The van der Waals surface area contributed by atoms with E-state index in [0.717, 1.165) is 13.0 Å². The van der Waals surface area contributed by atoms with Gasteiger partial charge in [-0.3, -0.25) is 4.79 Å². The van der Waals surface area contributed by atoms with Crippen molar-refractivity contribution in [2.24, 2.45) is 5.41 Å². The fourth-order valence-electron chi connectivity index (χ4n) is 2.34. The van der Waals surface area contributed by atoms with E-state index >= 15 is 0 Å². The second-order valence-corrected chi connectivity index (χ2v) is 5.01. The molecule has 1 aliphatic carbocycles. The Labute approximate surface area is 115 Å². The van der Waals surface area contributed by atoms with E-state index in [-0.39, 0.29) is 18.3 Å². The molecule has 0 radical (unpaired) electrons. The smallest absolute Gasteiger partial charge is 0.251 e. The zero-order valence-electron chi connectivity index (χ0n) is 10.7. The molecular weight excluding hydrogens is 248 g/mol. The predicted molar refractivity (Wildman–Crippen MR) is 77.0 cm³/mol. The third kappa shape index (κ3) is 3.16. The summed E-state index contributed by atoms with van der Waals surface area (Å²) < 4.78 is 0.